The van der Waals surface area contributed by atoms with E-state index in [1.807, 2.05) is 6.92 Å². The van der Waals surface area contributed by atoms with Crippen LogP contribution < -0.4 is 10.6 Å². The summed E-state index contributed by atoms with van der Waals surface area (Å²) in [5, 5.41) is 15.6. The molecule has 150 valence electrons. The second-order valence-corrected chi connectivity index (χ2v) is 6.73. The zero-order valence-electron chi connectivity index (χ0n) is 15.1. The number of aliphatic hydroxyl groups excluding tert-OH is 1. The first-order chi connectivity index (χ1) is 11.4. The third-order valence-electron chi connectivity index (χ3n) is 4.65. The van der Waals surface area contributed by atoms with Crippen LogP contribution in [-0.2, 0) is 0 Å². The molecule has 1 saturated carbocycles. The minimum absolute atomic E-state index is 0. The second-order valence-electron chi connectivity index (χ2n) is 6.73. The molecule has 0 aromatic rings. The molecule has 0 aromatic carbocycles. The Balaban J connectivity index is 0.00000576. The van der Waals surface area contributed by atoms with Crippen molar-refractivity contribution in [2.24, 2.45) is 10.4 Å². The van der Waals surface area contributed by atoms with Crippen LogP contribution in [0.5, 0.6) is 0 Å². The molecule has 8 heteroatoms. The van der Waals surface area contributed by atoms with Crippen molar-refractivity contribution in [3.8, 4) is 0 Å². The number of hydrogen-bond donors (Lipinski definition) is 3. The summed E-state index contributed by atoms with van der Waals surface area (Å²) in [6.07, 6.45) is 2.32. The first-order valence-corrected chi connectivity index (χ1v) is 9.10. The third-order valence-corrected chi connectivity index (χ3v) is 4.65. The summed E-state index contributed by atoms with van der Waals surface area (Å²) in [7, 11) is 0. The van der Waals surface area contributed by atoms with E-state index in [9.17, 15) is 18.3 Å². The van der Waals surface area contributed by atoms with Gasteiger partial charge in [0, 0.05) is 32.7 Å². The maximum atomic E-state index is 12.1. The van der Waals surface area contributed by atoms with Gasteiger partial charge in [0.25, 0.3) is 0 Å². The normalized spacial score (nSPS) is 17.7. The highest BCUT2D eigenvalue weighted by Gasteiger charge is 2.31. The number of unbranched alkanes of at least 4 members (excludes halogenated alkanes) is 1. The van der Waals surface area contributed by atoms with Gasteiger partial charge in [-0.2, -0.15) is 13.2 Å². The van der Waals surface area contributed by atoms with Gasteiger partial charge in [0.05, 0.1) is 0 Å². The van der Waals surface area contributed by atoms with Crippen molar-refractivity contribution in [2.45, 2.75) is 70.9 Å². The summed E-state index contributed by atoms with van der Waals surface area (Å²) in [5.74, 6) is 0.660. The van der Waals surface area contributed by atoms with Gasteiger partial charge in [0.15, 0.2) is 5.96 Å². The molecule has 0 spiro atoms. The summed E-state index contributed by atoms with van der Waals surface area (Å²) >= 11 is 0. The Morgan fingerprint density at radius 3 is 2.36 bits per heavy atom. The van der Waals surface area contributed by atoms with Crippen LogP contribution in [0, 0.1) is 5.41 Å². The van der Waals surface area contributed by atoms with Gasteiger partial charge in [-0.25, -0.2) is 0 Å². The molecule has 25 heavy (non-hydrogen) atoms. The van der Waals surface area contributed by atoms with Crippen molar-refractivity contribution in [1.82, 2.24) is 10.6 Å². The lowest BCUT2D eigenvalue weighted by molar-refractivity contribution is -0.135. The zero-order valence-corrected chi connectivity index (χ0v) is 17.5. The quantitative estimate of drug-likeness (QED) is 0.201. The number of hydrogen-bond acceptors (Lipinski definition) is 2. The topological polar surface area (TPSA) is 56.7 Å². The summed E-state index contributed by atoms with van der Waals surface area (Å²) in [6, 6.07) is 0. The van der Waals surface area contributed by atoms with Crippen LogP contribution in [-0.4, -0.2) is 43.5 Å². The van der Waals surface area contributed by atoms with Crippen molar-refractivity contribution in [3.05, 3.63) is 0 Å². The molecule has 1 fully saturated rings. The molecule has 0 aromatic heterocycles. The smallest absolute Gasteiger partial charge is 0.389 e. The van der Waals surface area contributed by atoms with Crippen molar-refractivity contribution in [2.75, 3.05) is 26.2 Å². The molecule has 0 unspecified atom stereocenters. The number of halogens is 4. The molecule has 0 heterocycles. The highest BCUT2D eigenvalue weighted by atomic mass is 127. The van der Waals surface area contributed by atoms with Gasteiger partial charge in [-0.1, -0.05) is 19.3 Å². The van der Waals surface area contributed by atoms with Crippen LogP contribution in [0.3, 0.4) is 0 Å². The molecule has 0 bridgehead atoms. The van der Waals surface area contributed by atoms with Gasteiger partial charge in [-0.05, 0) is 44.4 Å². The predicted molar refractivity (Wildman–Crippen MR) is 107 cm³/mol. The van der Waals surface area contributed by atoms with Crippen molar-refractivity contribution < 1.29 is 18.3 Å². The number of aliphatic hydroxyl groups is 1. The van der Waals surface area contributed by atoms with Crippen molar-refractivity contribution in [3.63, 3.8) is 0 Å². The largest absolute Gasteiger partial charge is 0.396 e. The Labute approximate surface area is 166 Å². The van der Waals surface area contributed by atoms with Crippen molar-refractivity contribution in [1.29, 1.82) is 0 Å². The van der Waals surface area contributed by atoms with Crippen LogP contribution in [0.25, 0.3) is 0 Å². The maximum absolute atomic E-state index is 12.1. The Kier molecular flexibility index (Phi) is 12.9. The van der Waals surface area contributed by atoms with E-state index in [2.05, 4.69) is 15.6 Å². The number of alkyl halides is 3. The summed E-state index contributed by atoms with van der Waals surface area (Å²) < 4.78 is 36.4. The summed E-state index contributed by atoms with van der Waals surface area (Å²) in [4.78, 5) is 4.64. The summed E-state index contributed by atoms with van der Waals surface area (Å²) in [5.41, 5.74) is 0.0750. The third kappa shape index (κ3) is 11.1. The molecule has 1 aliphatic carbocycles. The highest BCUT2D eigenvalue weighted by molar-refractivity contribution is 14.0. The van der Waals surface area contributed by atoms with Gasteiger partial charge < -0.3 is 15.7 Å². The monoisotopic (exact) mass is 479 g/mol. The average Bonchev–Trinajstić information content (AvgIpc) is 2.52. The molecule has 4 nitrogen and oxygen atoms in total. The number of guanidine groups is 1. The molecule has 0 amide bonds. The minimum Gasteiger partial charge on any atom is -0.396 e. The Morgan fingerprint density at radius 1 is 1.12 bits per heavy atom. The minimum atomic E-state index is -4.07. The number of nitrogens with zero attached hydrogens (tertiary/aromatic N) is 1. The standard InChI is InChI=1S/C17H32F3N3O.HI/c1-2-21-15(22-12-7-6-10-17(18,19)20)23-14-16(11-13-24)8-4-3-5-9-16;/h24H,2-14H2,1H3,(H2,21,22,23);1H. The van der Waals surface area contributed by atoms with Gasteiger partial charge in [-0.3, -0.25) is 4.99 Å². The lowest BCUT2D eigenvalue weighted by atomic mass is 9.72. The van der Waals surface area contributed by atoms with E-state index in [0.717, 1.165) is 19.3 Å². The SMILES string of the molecule is CCNC(=NCC1(CCO)CCCCC1)NCCCCC(F)(F)F.I. The zero-order chi connectivity index (χ0) is 17.9. The fourth-order valence-electron chi connectivity index (χ4n) is 3.27. The lowest BCUT2D eigenvalue weighted by Gasteiger charge is -2.35. The highest BCUT2D eigenvalue weighted by Crippen LogP contribution is 2.39. The van der Waals surface area contributed by atoms with Crippen LogP contribution >= 0.6 is 24.0 Å². The first kappa shape index (κ1) is 24.8. The van der Waals surface area contributed by atoms with Gasteiger partial charge in [0.1, 0.15) is 0 Å². The molecule has 0 saturated heterocycles. The van der Waals surface area contributed by atoms with Gasteiger partial charge >= 0.3 is 6.18 Å². The molecular formula is C17H33F3IN3O. The van der Waals surface area contributed by atoms with E-state index >= 15 is 0 Å². The Morgan fingerprint density at radius 2 is 1.80 bits per heavy atom. The summed E-state index contributed by atoms with van der Waals surface area (Å²) in [6.45, 7) is 3.99. The predicted octanol–water partition coefficient (Wildman–Crippen LogP) is 4.23. The van der Waals surface area contributed by atoms with Crippen LogP contribution in [0.2, 0.25) is 0 Å². The fraction of sp³-hybridized carbons (Fsp3) is 0.941. The molecule has 1 aliphatic rings. The molecule has 0 aliphatic heterocycles. The average molecular weight is 479 g/mol. The first-order valence-electron chi connectivity index (χ1n) is 9.10. The Bertz CT molecular complexity index is 367. The molecular weight excluding hydrogens is 446 g/mol. The number of nitrogens with one attached hydrogen (secondary N) is 2. The van der Waals surface area contributed by atoms with E-state index in [1.165, 1.54) is 19.3 Å². The second kappa shape index (κ2) is 13.0. The van der Waals surface area contributed by atoms with Crippen LogP contribution in [0.1, 0.15) is 64.7 Å². The maximum Gasteiger partial charge on any atom is 0.389 e. The van der Waals surface area contributed by atoms with E-state index in [0.29, 0.717) is 32.0 Å². The fourth-order valence-corrected chi connectivity index (χ4v) is 3.27. The van der Waals surface area contributed by atoms with E-state index < -0.39 is 12.6 Å². The van der Waals surface area contributed by atoms with Crippen LogP contribution in [0.15, 0.2) is 4.99 Å². The van der Waals surface area contributed by atoms with E-state index in [-0.39, 0.29) is 42.4 Å². The number of aliphatic imine (C=N–C) groups is 1. The van der Waals surface area contributed by atoms with E-state index in [1.54, 1.807) is 0 Å². The molecule has 1 rings (SSSR count). The molecule has 0 radical (unpaired) electrons. The van der Waals surface area contributed by atoms with Gasteiger partial charge in [-0.15, -0.1) is 24.0 Å². The van der Waals surface area contributed by atoms with Gasteiger partial charge in [0.2, 0.25) is 0 Å². The molecule has 3 N–H and O–H groups in total. The van der Waals surface area contributed by atoms with Crippen LogP contribution in [0.4, 0.5) is 13.2 Å². The Hall–Kier alpha value is -0.250. The number of rotatable bonds is 9. The lowest BCUT2D eigenvalue weighted by Crippen LogP contribution is -2.39. The molecule has 0 atom stereocenters. The van der Waals surface area contributed by atoms with E-state index in [4.69, 9.17) is 0 Å². The van der Waals surface area contributed by atoms with Crippen molar-refractivity contribution >= 4 is 29.9 Å².